The molecule has 0 saturated carbocycles. The van der Waals surface area contributed by atoms with E-state index < -0.39 is 0 Å². The molecule has 21 heavy (non-hydrogen) atoms. The minimum absolute atomic E-state index is 0.00952. The first-order chi connectivity index (χ1) is 10.1. The summed E-state index contributed by atoms with van der Waals surface area (Å²) in [4.78, 5) is 12.2. The van der Waals surface area contributed by atoms with Crippen LogP contribution in [0, 0.1) is 5.92 Å². The molecule has 0 radical (unpaired) electrons. The van der Waals surface area contributed by atoms with E-state index in [0.29, 0.717) is 12.3 Å². The molecule has 2 atom stereocenters. The Morgan fingerprint density at radius 1 is 1.33 bits per heavy atom. The summed E-state index contributed by atoms with van der Waals surface area (Å²) in [5, 5.41) is 3.00. The molecule has 5 heteroatoms. The van der Waals surface area contributed by atoms with E-state index in [4.69, 9.17) is 15.2 Å². The van der Waals surface area contributed by atoms with Crippen molar-refractivity contribution in [2.75, 3.05) is 20.8 Å². The lowest BCUT2D eigenvalue weighted by Crippen LogP contribution is -2.36. The Kier molecular flexibility index (Phi) is 7.02. The van der Waals surface area contributed by atoms with Crippen LogP contribution >= 0.6 is 0 Å². The molecule has 0 heterocycles. The Morgan fingerprint density at radius 3 is 2.57 bits per heavy atom. The van der Waals surface area contributed by atoms with Gasteiger partial charge in [-0.15, -0.1) is 0 Å². The summed E-state index contributed by atoms with van der Waals surface area (Å²) in [6.45, 7) is 4.35. The number of hydrogen-bond acceptors (Lipinski definition) is 4. The van der Waals surface area contributed by atoms with Crippen LogP contribution in [0.5, 0.6) is 11.5 Å². The molecular weight excluding hydrogens is 268 g/mol. The van der Waals surface area contributed by atoms with Crippen molar-refractivity contribution in [3.8, 4) is 11.5 Å². The van der Waals surface area contributed by atoms with Crippen LogP contribution in [0.1, 0.15) is 38.3 Å². The van der Waals surface area contributed by atoms with Crippen molar-refractivity contribution in [2.24, 2.45) is 11.7 Å². The highest BCUT2D eigenvalue weighted by atomic mass is 16.5. The lowest BCUT2D eigenvalue weighted by molar-refractivity contribution is -0.125. The topological polar surface area (TPSA) is 73.6 Å². The minimum Gasteiger partial charge on any atom is -0.497 e. The predicted molar refractivity (Wildman–Crippen MR) is 83.6 cm³/mol. The quantitative estimate of drug-likeness (QED) is 0.771. The molecule has 0 fully saturated rings. The predicted octanol–water partition coefficient (Wildman–Crippen LogP) is 2.26. The van der Waals surface area contributed by atoms with Crippen molar-refractivity contribution in [2.45, 2.75) is 32.7 Å². The Hall–Kier alpha value is -1.75. The fourth-order valence-corrected chi connectivity index (χ4v) is 2.29. The van der Waals surface area contributed by atoms with Crippen LogP contribution < -0.4 is 20.5 Å². The maximum absolute atomic E-state index is 12.2. The third-order valence-electron chi connectivity index (χ3n) is 3.56. The summed E-state index contributed by atoms with van der Waals surface area (Å²) in [5.74, 6) is 1.27. The molecule has 2 unspecified atom stereocenters. The Balaban J connectivity index is 2.83. The van der Waals surface area contributed by atoms with Gasteiger partial charge in [0.15, 0.2) is 0 Å². The number of ether oxygens (including phenoxy) is 2. The number of nitrogens with one attached hydrogen (secondary N) is 1. The largest absolute Gasteiger partial charge is 0.497 e. The van der Waals surface area contributed by atoms with E-state index in [2.05, 4.69) is 5.32 Å². The summed E-state index contributed by atoms with van der Waals surface area (Å²) in [6.07, 6.45) is 1.74. The Labute approximate surface area is 126 Å². The summed E-state index contributed by atoms with van der Waals surface area (Å²) in [5.41, 5.74) is 6.58. The van der Waals surface area contributed by atoms with Gasteiger partial charge in [-0.05, 0) is 25.5 Å². The molecular formula is C16H26N2O3. The van der Waals surface area contributed by atoms with Gasteiger partial charge in [0.2, 0.25) is 5.91 Å². The molecule has 1 aromatic rings. The van der Waals surface area contributed by atoms with E-state index in [-0.39, 0.29) is 17.9 Å². The zero-order valence-corrected chi connectivity index (χ0v) is 13.3. The first kappa shape index (κ1) is 17.3. The van der Waals surface area contributed by atoms with Gasteiger partial charge in [0.25, 0.3) is 0 Å². The van der Waals surface area contributed by atoms with Crippen molar-refractivity contribution in [1.82, 2.24) is 5.32 Å². The first-order valence-corrected chi connectivity index (χ1v) is 7.29. The lowest BCUT2D eigenvalue weighted by Gasteiger charge is -2.21. The van der Waals surface area contributed by atoms with Gasteiger partial charge in [0.1, 0.15) is 11.5 Å². The number of hydrogen-bond donors (Lipinski definition) is 2. The molecule has 5 nitrogen and oxygen atoms in total. The molecule has 1 aromatic carbocycles. The summed E-state index contributed by atoms with van der Waals surface area (Å²) >= 11 is 0. The van der Waals surface area contributed by atoms with Gasteiger partial charge in [-0.1, -0.05) is 13.3 Å². The number of benzene rings is 1. The summed E-state index contributed by atoms with van der Waals surface area (Å²) in [6, 6.07) is 5.42. The highest BCUT2D eigenvalue weighted by Crippen LogP contribution is 2.29. The molecule has 3 N–H and O–H groups in total. The van der Waals surface area contributed by atoms with Crippen LogP contribution in [-0.2, 0) is 4.79 Å². The van der Waals surface area contributed by atoms with Gasteiger partial charge in [-0.2, -0.15) is 0 Å². The minimum atomic E-state index is -0.149. The highest BCUT2D eigenvalue weighted by Gasteiger charge is 2.20. The maximum atomic E-state index is 12.2. The molecule has 0 saturated heterocycles. The number of methoxy groups -OCH3 is 2. The first-order valence-electron chi connectivity index (χ1n) is 7.29. The standard InChI is InChI=1S/C16H26N2O3/c1-5-6-12(10-17)16(19)18-11(2)14-8-7-13(20-3)9-15(14)21-4/h7-9,11-12H,5-6,10,17H2,1-4H3,(H,18,19). The fraction of sp³-hybridized carbons (Fsp3) is 0.562. The maximum Gasteiger partial charge on any atom is 0.224 e. The van der Waals surface area contributed by atoms with Crippen LogP contribution in [0.3, 0.4) is 0 Å². The van der Waals surface area contributed by atoms with E-state index in [1.165, 1.54) is 0 Å². The monoisotopic (exact) mass is 294 g/mol. The van der Waals surface area contributed by atoms with E-state index in [1.807, 2.05) is 32.0 Å². The van der Waals surface area contributed by atoms with Crippen LogP contribution in [0.15, 0.2) is 18.2 Å². The second-order valence-corrected chi connectivity index (χ2v) is 5.06. The van der Waals surface area contributed by atoms with E-state index in [1.54, 1.807) is 14.2 Å². The molecule has 118 valence electrons. The van der Waals surface area contributed by atoms with Gasteiger partial charge in [-0.3, -0.25) is 4.79 Å². The normalized spacial score (nSPS) is 13.4. The van der Waals surface area contributed by atoms with Crippen LogP contribution in [0.4, 0.5) is 0 Å². The molecule has 0 spiro atoms. The van der Waals surface area contributed by atoms with Crippen LogP contribution in [0.2, 0.25) is 0 Å². The van der Waals surface area contributed by atoms with Gasteiger partial charge >= 0.3 is 0 Å². The smallest absolute Gasteiger partial charge is 0.224 e. The number of rotatable bonds is 8. The summed E-state index contributed by atoms with van der Waals surface area (Å²) < 4.78 is 10.5. The zero-order chi connectivity index (χ0) is 15.8. The van der Waals surface area contributed by atoms with Crippen molar-refractivity contribution in [3.63, 3.8) is 0 Å². The number of carbonyl (C=O) groups excluding carboxylic acids is 1. The average Bonchev–Trinajstić information content (AvgIpc) is 2.51. The van der Waals surface area contributed by atoms with Gasteiger partial charge < -0.3 is 20.5 Å². The van der Waals surface area contributed by atoms with Crippen molar-refractivity contribution in [3.05, 3.63) is 23.8 Å². The second kappa shape index (κ2) is 8.52. The molecule has 0 aliphatic heterocycles. The highest BCUT2D eigenvalue weighted by molar-refractivity contribution is 5.79. The zero-order valence-electron chi connectivity index (χ0n) is 13.3. The third-order valence-corrected chi connectivity index (χ3v) is 3.56. The number of amides is 1. The fourth-order valence-electron chi connectivity index (χ4n) is 2.29. The Bertz CT molecular complexity index is 463. The number of nitrogens with two attached hydrogens (primary N) is 1. The van der Waals surface area contributed by atoms with Crippen molar-refractivity contribution < 1.29 is 14.3 Å². The molecule has 1 amide bonds. The second-order valence-electron chi connectivity index (χ2n) is 5.06. The van der Waals surface area contributed by atoms with Crippen molar-refractivity contribution >= 4 is 5.91 Å². The lowest BCUT2D eigenvalue weighted by atomic mass is 10.0. The third kappa shape index (κ3) is 4.63. The molecule has 0 aliphatic rings. The van der Waals surface area contributed by atoms with Gasteiger partial charge in [-0.25, -0.2) is 0 Å². The molecule has 1 rings (SSSR count). The van der Waals surface area contributed by atoms with E-state index in [0.717, 1.165) is 24.2 Å². The SMILES string of the molecule is CCCC(CN)C(=O)NC(C)c1ccc(OC)cc1OC. The molecule has 0 bridgehead atoms. The molecule has 0 aliphatic carbocycles. The Morgan fingerprint density at radius 2 is 2.05 bits per heavy atom. The van der Waals surface area contributed by atoms with Crippen molar-refractivity contribution in [1.29, 1.82) is 0 Å². The van der Waals surface area contributed by atoms with Crippen LogP contribution in [-0.4, -0.2) is 26.7 Å². The van der Waals surface area contributed by atoms with E-state index in [9.17, 15) is 4.79 Å². The molecule has 0 aromatic heterocycles. The van der Waals surface area contributed by atoms with Crippen LogP contribution in [0.25, 0.3) is 0 Å². The average molecular weight is 294 g/mol. The van der Waals surface area contributed by atoms with E-state index >= 15 is 0 Å². The van der Waals surface area contributed by atoms with Gasteiger partial charge in [0, 0.05) is 18.2 Å². The summed E-state index contributed by atoms with van der Waals surface area (Å²) in [7, 11) is 3.21. The number of carbonyl (C=O) groups is 1. The van der Waals surface area contributed by atoms with Gasteiger partial charge in [0.05, 0.1) is 26.2 Å².